The summed E-state index contributed by atoms with van der Waals surface area (Å²) in [7, 11) is 0. The summed E-state index contributed by atoms with van der Waals surface area (Å²) in [4.78, 5) is 22.7. The number of nitrogens with two attached hydrogens (primary N) is 1. The van der Waals surface area contributed by atoms with Crippen molar-refractivity contribution in [3.63, 3.8) is 0 Å². The molecule has 0 saturated heterocycles. The third kappa shape index (κ3) is 5.32. The summed E-state index contributed by atoms with van der Waals surface area (Å²) < 4.78 is 96.0. The standard InChI is InChI=1S/C23H13F7N6O/c24-21-32-9-12(10-33-21)15(18(31)37)11-36-20(14-6-2-4-8-17(14)23(28,29)30)34-19(35-36)13-5-1-3-7-16(13)22(25,26)27/h1-11H,(H2,31,37). The normalized spacial score (nSPS) is 12.6. The van der Waals surface area contributed by atoms with Crippen molar-refractivity contribution in [3.05, 3.63) is 83.7 Å². The summed E-state index contributed by atoms with van der Waals surface area (Å²) in [6.07, 6.45) is -8.18. The van der Waals surface area contributed by atoms with Crippen LogP contribution in [-0.2, 0) is 17.1 Å². The number of carbonyl (C=O) groups is 1. The molecule has 0 aliphatic heterocycles. The third-order valence-corrected chi connectivity index (χ3v) is 5.03. The maximum Gasteiger partial charge on any atom is 0.417 e. The molecule has 4 rings (SSSR count). The Kier molecular flexibility index (Phi) is 6.50. The lowest BCUT2D eigenvalue weighted by Crippen LogP contribution is -2.15. The zero-order valence-corrected chi connectivity index (χ0v) is 18.2. The van der Waals surface area contributed by atoms with Gasteiger partial charge in [-0.05, 0) is 12.1 Å². The first-order valence-corrected chi connectivity index (χ1v) is 10.2. The predicted molar refractivity (Wildman–Crippen MR) is 116 cm³/mol. The van der Waals surface area contributed by atoms with Crippen LogP contribution >= 0.6 is 0 Å². The topological polar surface area (TPSA) is 99.6 Å². The highest BCUT2D eigenvalue weighted by atomic mass is 19.4. The van der Waals surface area contributed by atoms with Gasteiger partial charge < -0.3 is 5.73 Å². The van der Waals surface area contributed by atoms with Crippen molar-refractivity contribution in [1.82, 2.24) is 24.7 Å². The van der Waals surface area contributed by atoms with Crippen molar-refractivity contribution < 1.29 is 35.5 Å². The summed E-state index contributed by atoms with van der Waals surface area (Å²) >= 11 is 0. The van der Waals surface area contributed by atoms with Crippen molar-refractivity contribution in [2.75, 3.05) is 0 Å². The Morgan fingerprint density at radius 2 is 1.35 bits per heavy atom. The molecule has 0 saturated carbocycles. The summed E-state index contributed by atoms with van der Waals surface area (Å²) in [6.45, 7) is 0. The third-order valence-electron chi connectivity index (χ3n) is 5.03. The first-order valence-electron chi connectivity index (χ1n) is 10.2. The van der Waals surface area contributed by atoms with E-state index in [1.165, 1.54) is 12.1 Å². The van der Waals surface area contributed by atoms with Crippen LogP contribution in [0.25, 0.3) is 34.5 Å². The number of rotatable bonds is 5. The van der Waals surface area contributed by atoms with Gasteiger partial charge in [0.25, 0.3) is 5.91 Å². The fourth-order valence-corrected chi connectivity index (χ4v) is 3.42. The van der Waals surface area contributed by atoms with Crippen LogP contribution in [0.3, 0.4) is 0 Å². The number of alkyl halides is 6. The van der Waals surface area contributed by atoms with Crippen LogP contribution in [0.5, 0.6) is 0 Å². The van der Waals surface area contributed by atoms with Crippen LogP contribution in [0.15, 0.2) is 60.9 Å². The lowest BCUT2D eigenvalue weighted by molar-refractivity contribution is -0.137. The number of halogens is 7. The quantitative estimate of drug-likeness (QED) is 0.224. The van der Waals surface area contributed by atoms with E-state index in [2.05, 4.69) is 20.1 Å². The van der Waals surface area contributed by atoms with Gasteiger partial charge in [0.15, 0.2) is 11.6 Å². The Balaban J connectivity index is 2.02. The summed E-state index contributed by atoms with van der Waals surface area (Å²) in [5, 5.41) is 3.96. The molecule has 0 bridgehead atoms. The van der Waals surface area contributed by atoms with Gasteiger partial charge in [0.1, 0.15) is 0 Å². The largest absolute Gasteiger partial charge is 0.417 e. The highest BCUT2D eigenvalue weighted by molar-refractivity contribution is 6.22. The number of benzene rings is 2. The second kappa shape index (κ2) is 9.44. The molecule has 0 fully saturated rings. The Bertz CT molecular complexity index is 1490. The first kappa shape index (κ1) is 25.5. The van der Waals surface area contributed by atoms with E-state index < -0.39 is 63.8 Å². The van der Waals surface area contributed by atoms with E-state index in [9.17, 15) is 35.5 Å². The second-order valence-electron chi connectivity index (χ2n) is 7.44. The van der Waals surface area contributed by atoms with Crippen molar-refractivity contribution in [1.29, 1.82) is 0 Å². The smallest absolute Gasteiger partial charge is 0.366 e. The number of hydrogen-bond acceptors (Lipinski definition) is 5. The van der Waals surface area contributed by atoms with Gasteiger partial charge in [0.2, 0.25) is 0 Å². The lowest BCUT2D eigenvalue weighted by Gasteiger charge is -2.12. The highest BCUT2D eigenvalue weighted by Gasteiger charge is 2.37. The highest BCUT2D eigenvalue weighted by Crippen LogP contribution is 2.39. The lowest BCUT2D eigenvalue weighted by atomic mass is 10.1. The van der Waals surface area contributed by atoms with Gasteiger partial charge in [0, 0.05) is 35.3 Å². The number of primary amides is 1. The van der Waals surface area contributed by atoms with Crippen molar-refractivity contribution >= 4 is 17.7 Å². The SMILES string of the molecule is NC(=O)C(=Cn1nc(-c2ccccc2C(F)(F)F)nc1-c1ccccc1C(F)(F)F)c1cnc(F)nc1. The van der Waals surface area contributed by atoms with E-state index in [-0.39, 0.29) is 5.56 Å². The molecule has 2 aromatic carbocycles. The van der Waals surface area contributed by atoms with Gasteiger partial charge in [0.05, 0.1) is 16.7 Å². The van der Waals surface area contributed by atoms with Gasteiger partial charge >= 0.3 is 18.4 Å². The number of hydrogen-bond donors (Lipinski definition) is 1. The van der Waals surface area contributed by atoms with Crippen molar-refractivity contribution in [3.8, 4) is 22.8 Å². The van der Waals surface area contributed by atoms with Crippen LogP contribution in [0.2, 0.25) is 0 Å². The molecular weight excluding hydrogens is 509 g/mol. The molecule has 0 radical (unpaired) electrons. The molecule has 4 aromatic rings. The van der Waals surface area contributed by atoms with E-state index in [0.717, 1.165) is 55.0 Å². The van der Waals surface area contributed by atoms with Crippen molar-refractivity contribution in [2.45, 2.75) is 12.4 Å². The zero-order valence-electron chi connectivity index (χ0n) is 18.2. The Labute approximate surface area is 203 Å². The Morgan fingerprint density at radius 3 is 1.89 bits per heavy atom. The molecule has 14 heteroatoms. The fourth-order valence-electron chi connectivity index (χ4n) is 3.42. The second-order valence-corrected chi connectivity index (χ2v) is 7.44. The summed E-state index contributed by atoms with van der Waals surface area (Å²) in [5.41, 5.74) is 1.51. The maximum atomic E-state index is 13.8. The number of carbonyl (C=O) groups excluding carboxylic acids is 1. The minimum atomic E-state index is -4.86. The minimum absolute atomic E-state index is 0.128. The monoisotopic (exact) mass is 522 g/mol. The van der Waals surface area contributed by atoms with Crippen LogP contribution in [0.1, 0.15) is 16.7 Å². The maximum absolute atomic E-state index is 13.8. The minimum Gasteiger partial charge on any atom is -0.366 e. The Morgan fingerprint density at radius 1 is 0.838 bits per heavy atom. The molecule has 37 heavy (non-hydrogen) atoms. The molecule has 2 N–H and O–H groups in total. The van der Waals surface area contributed by atoms with Gasteiger partial charge in [-0.3, -0.25) is 4.79 Å². The number of amides is 1. The number of nitrogens with zero attached hydrogens (tertiary/aromatic N) is 5. The Hall–Kier alpha value is -4.62. The molecule has 0 unspecified atom stereocenters. The van der Waals surface area contributed by atoms with Gasteiger partial charge in [-0.1, -0.05) is 36.4 Å². The molecule has 2 heterocycles. The van der Waals surface area contributed by atoms with E-state index in [4.69, 9.17) is 5.73 Å². The molecule has 0 aliphatic rings. The van der Waals surface area contributed by atoms with E-state index in [1.807, 2.05) is 0 Å². The molecule has 0 aliphatic carbocycles. The molecule has 0 spiro atoms. The molecular formula is C23H13F7N6O. The van der Waals surface area contributed by atoms with Crippen LogP contribution in [-0.4, -0.2) is 30.6 Å². The van der Waals surface area contributed by atoms with Crippen LogP contribution in [0.4, 0.5) is 30.7 Å². The fraction of sp³-hybridized carbons (Fsp3) is 0.0870. The predicted octanol–water partition coefficient (Wildman–Crippen LogP) is 5.06. The molecule has 1 amide bonds. The van der Waals surface area contributed by atoms with E-state index in [0.29, 0.717) is 4.68 Å². The summed E-state index contributed by atoms with van der Waals surface area (Å²) in [6, 6.07) is 8.39. The molecule has 190 valence electrons. The van der Waals surface area contributed by atoms with Gasteiger partial charge in [-0.25, -0.2) is 19.6 Å². The molecule has 2 aromatic heterocycles. The number of aromatic nitrogens is 5. The molecule has 0 atom stereocenters. The van der Waals surface area contributed by atoms with Crippen LogP contribution < -0.4 is 5.73 Å². The average Bonchev–Trinajstić information content (AvgIpc) is 3.26. The summed E-state index contributed by atoms with van der Waals surface area (Å²) in [5.74, 6) is -2.24. The van der Waals surface area contributed by atoms with Crippen molar-refractivity contribution in [2.24, 2.45) is 5.73 Å². The molecule has 7 nitrogen and oxygen atoms in total. The van der Waals surface area contributed by atoms with Gasteiger partial charge in [-0.2, -0.15) is 30.7 Å². The van der Waals surface area contributed by atoms with E-state index >= 15 is 0 Å². The van der Waals surface area contributed by atoms with Gasteiger partial charge in [-0.15, -0.1) is 5.10 Å². The first-order chi connectivity index (χ1) is 17.4. The van der Waals surface area contributed by atoms with E-state index in [1.54, 1.807) is 0 Å². The zero-order chi connectivity index (χ0) is 27.0. The average molecular weight is 522 g/mol. The van der Waals surface area contributed by atoms with Crippen LogP contribution in [0, 0.1) is 6.08 Å².